The molecule has 174 valence electrons. The fraction of sp³-hybridized carbons (Fsp3) is 0.636. The van der Waals surface area contributed by atoms with E-state index < -0.39 is 39.8 Å². The van der Waals surface area contributed by atoms with E-state index in [-0.39, 0.29) is 19.4 Å². The third kappa shape index (κ3) is 9.33. The summed E-state index contributed by atoms with van der Waals surface area (Å²) in [6, 6.07) is 8.87. The minimum absolute atomic E-state index is 0.0177. The highest BCUT2D eigenvalue weighted by molar-refractivity contribution is 5.73. The van der Waals surface area contributed by atoms with Gasteiger partial charge in [0.2, 0.25) is 5.54 Å². The maximum atomic E-state index is 12.9. The van der Waals surface area contributed by atoms with Gasteiger partial charge < -0.3 is 14.8 Å². The third-order valence-corrected chi connectivity index (χ3v) is 4.63. The first-order chi connectivity index (χ1) is 14.1. The van der Waals surface area contributed by atoms with Crippen LogP contribution < -0.4 is 11.1 Å². The summed E-state index contributed by atoms with van der Waals surface area (Å²) < 4.78 is 10.7. The number of benzene rings is 1. The number of nitro groups is 1. The molecule has 0 saturated carbocycles. The summed E-state index contributed by atoms with van der Waals surface area (Å²) in [5.74, 6) is -1.37. The van der Waals surface area contributed by atoms with Crippen molar-refractivity contribution < 1.29 is 24.0 Å². The molecule has 0 aromatic heterocycles. The van der Waals surface area contributed by atoms with Crippen molar-refractivity contribution in [1.82, 2.24) is 5.32 Å². The van der Waals surface area contributed by atoms with Gasteiger partial charge >= 0.3 is 12.1 Å². The van der Waals surface area contributed by atoms with Gasteiger partial charge in [-0.05, 0) is 40.5 Å². The number of carbonyl (C=O) groups excluding carboxylic acids is 2. The van der Waals surface area contributed by atoms with E-state index in [1.807, 2.05) is 6.07 Å². The average Bonchev–Trinajstić information content (AvgIpc) is 2.63. The van der Waals surface area contributed by atoms with Crippen LogP contribution in [0.3, 0.4) is 0 Å². The van der Waals surface area contributed by atoms with Gasteiger partial charge in [-0.2, -0.15) is 0 Å². The number of esters is 1. The van der Waals surface area contributed by atoms with Crippen LogP contribution in [0.1, 0.15) is 66.4 Å². The smallest absolute Gasteiger partial charge is 0.407 e. The zero-order valence-corrected chi connectivity index (χ0v) is 19.3. The van der Waals surface area contributed by atoms with Crippen LogP contribution in [0.15, 0.2) is 30.3 Å². The lowest BCUT2D eigenvalue weighted by Gasteiger charge is -2.29. The fourth-order valence-corrected chi connectivity index (χ4v) is 2.95. The molecule has 0 saturated heterocycles. The number of nitrogens with zero attached hydrogens (tertiary/aromatic N) is 1. The lowest BCUT2D eigenvalue weighted by molar-refractivity contribution is -0.562. The second kappa shape index (κ2) is 10.6. The number of hydrogen-bond donors (Lipinski definition) is 2. The molecule has 0 aliphatic rings. The molecule has 1 unspecified atom stereocenters. The third-order valence-electron chi connectivity index (χ3n) is 4.63. The Morgan fingerprint density at radius 2 is 1.68 bits per heavy atom. The Labute approximate surface area is 183 Å². The van der Waals surface area contributed by atoms with Crippen molar-refractivity contribution >= 4 is 12.1 Å². The van der Waals surface area contributed by atoms with Gasteiger partial charge in [-0.25, -0.2) is 4.79 Å². The van der Waals surface area contributed by atoms with Gasteiger partial charge in [-0.15, -0.1) is 0 Å². The SMILES string of the molecule is CC(C)(C)OC(=O)NCCCC(CC(C)(C)[N+](=O)[O-])C(=O)O[C@@](C)(N)c1ccccc1. The first kappa shape index (κ1) is 26.4. The fourth-order valence-electron chi connectivity index (χ4n) is 2.95. The van der Waals surface area contributed by atoms with Crippen LogP contribution >= 0.6 is 0 Å². The van der Waals surface area contributed by atoms with Gasteiger partial charge in [0.15, 0.2) is 5.72 Å². The van der Waals surface area contributed by atoms with E-state index in [1.54, 1.807) is 52.0 Å². The number of ether oxygens (including phenoxy) is 2. The average molecular weight is 438 g/mol. The van der Waals surface area contributed by atoms with Crippen LogP contribution in [0, 0.1) is 16.0 Å². The molecule has 0 heterocycles. The molecule has 31 heavy (non-hydrogen) atoms. The molecule has 0 aliphatic carbocycles. The summed E-state index contributed by atoms with van der Waals surface area (Å²) in [5.41, 5.74) is 3.51. The molecule has 1 aromatic rings. The van der Waals surface area contributed by atoms with Crippen LogP contribution in [0.25, 0.3) is 0 Å². The van der Waals surface area contributed by atoms with E-state index in [0.717, 1.165) is 0 Å². The van der Waals surface area contributed by atoms with Crippen molar-refractivity contribution in [3.8, 4) is 0 Å². The molecule has 1 rings (SSSR count). The molecule has 0 fully saturated rings. The highest BCUT2D eigenvalue weighted by atomic mass is 16.6. The summed E-state index contributed by atoms with van der Waals surface area (Å²) in [4.78, 5) is 35.7. The highest BCUT2D eigenvalue weighted by Gasteiger charge is 2.39. The summed E-state index contributed by atoms with van der Waals surface area (Å²) >= 11 is 0. The monoisotopic (exact) mass is 437 g/mol. The van der Waals surface area contributed by atoms with Crippen molar-refractivity contribution in [3.05, 3.63) is 46.0 Å². The topological polar surface area (TPSA) is 134 Å². The zero-order valence-electron chi connectivity index (χ0n) is 19.3. The number of rotatable bonds is 10. The van der Waals surface area contributed by atoms with Crippen molar-refractivity contribution in [2.24, 2.45) is 11.7 Å². The summed E-state index contributed by atoms with van der Waals surface area (Å²) in [6.45, 7) is 10.0. The molecular formula is C22H35N3O6. The van der Waals surface area contributed by atoms with E-state index in [0.29, 0.717) is 12.0 Å². The Bertz CT molecular complexity index is 756. The predicted molar refractivity (Wildman–Crippen MR) is 117 cm³/mol. The Hall–Kier alpha value is -2.68. The second-order valence-electron chi connectivity index (χ2n) is 9.44. The van der Waals surface area contributed by atoms with Crippen molar-refractivity contribution in [1.29, 1.82) is 0 Å². The van der Waals surface area contributed by atoms with Gasteiger partial charge in [-0.1, -0.05) is 30.3 Å². The molecule has 1 aromatic carbocycles. The number of alkyl carbamates (subject to hydrolysis) is 1. The van der Waals surface area contributed by atoms with E-state index in [2.05, 4.69) is 5.32 Å². The maximum Gasteiger partial charge on any atom is 0.407 e. The first-order valence-corrected chi connectivity index (χ1v) is 10.3. The van der Waals surface area contributed by atoms with E-state index in [1.165, 1.54) is 13.8 Å². The first-order valence-electron chi connectivity index (χ1n) is 10.3. The molecular weight excluding hydrogens is 402 g/mol. The van der Waals surface area contributed by atoms with Crippen molar-refractivity contribution in [3.63, 3.8) is 0 Å². The number of nitrogens with one attached hydrogen (secondary N) is 1. The summed E-state index contributed by atoms with van der Waals surface area (Å²) in [5, 5.41) is 14.0. The lowest BCUT2D eigenvalue weighted by Crippen LogP contribution is -2.42. The molecule has 0 radical (unpaired) electrons. The quantitative estimate of drug-likeness (QED) is 0.187. The van der Waals surface area contributed by atoms with Crippen LogP contribution in [-0.2, 0) is 20.0 Å². The number of carbonyl (C=O) groups is 2. The van der Waals surface area contributed by atoms with Crippen LogP contribution in [0.2, 0.25) is 0 Å². The molecule has 0 aliphatic heterocycles. The van der Waals surface area contributed by atoms with E-state index in [9.17, 15) is 19.7 Å². The van der Waals surface area contributed by atoms with E-state index >= 15 is 0 Å². The molecule has 0 bridgehead atoms. The van der Waals surface area contributed by atoms with Gasteiger partial charge in [0, 0.05) is 37.3 Å². The Kier molecular flexibility index (Phi) is 8.98. The zero-order chi connectivity index (χ0) is 23.9. The molecule has 9 nitrogen and oxygen atoms in total. The Morgan fingerprint density at radius 3 is 2.19 bits per heavy atom. The molecule has 3 N–H and O–H groups in total. The maximum absolute atomic E-state index is 12.9. The minimum atomic E-state index is -1.37. The standard InChI is InChI=1S/C22H35N3O6/c1-20(2,3)31-19(27)24-14-10-11-16(15-21(4,5)25(28)29)18(26)30-22(6,23)17-12-8-7-9-13-17/h7-9,12-13,16H,10-11,14-15,23H2,1-6H3,(H,24,27)/t16?,22-/m1/s1. The number of nitrogens with two attached hydrogens (primary N) is 1. The van der Waals surface area contributed by atoms with Crippen molar-refractivity contribution in [2.45, 2.75) is 77.7 Å². The molecule has 9 heteroatoms. The van der Waals surface area contributed by atoms with Gasteiger partial charge in [0.25, 0.3) is 0 Å². The van der Waals surface area contributed by atoms with Gasteiger partial charge in [-0.3, -0.25) is 20.6 Å². The normalized spacial score (nSPS) is 14.8. The second-order valence-corrected chi connectivity index (χ2v) is 9.44. The molecule has 0 spiro atoms. The summed E-state index contributed by atoms with van der Waals surface area (Å²) in [6.07, 6.45) is 0.127. The summed E-state index contributed by atoms with van der Waals surface area (Å²) in [7, 11) is 0. The number of amides is 1. The molecule has 2 atom stereocenters. The van der Waals surface area contributed by atoms with Gasteiger partial charge in [0.05, 0.1) is 5.92 Å². The largest absolute Gasteiger partial charge is 0.444 e. The van der Waals surface area contributed by atoms with Crippen molar-refractivity contribution in [2.75, 3.05) is 6.54 Å². The van der Waals surface area contributed by atoms with E-state index in [4.69, 9.17) is 15.2 Å². The lowest BCUT2D eigenvalue weighted by atomic mass is 9.88. The predicted octanol–water partition coefficient (Wildman–Crippen LogP) is 3.73. The van der Waals surface area contributed by atoms with Crippen LogP contribution in [-0.4, -0.2) is 34.7 Å². The molecule has 1 amide bonds. The van der Waals surface area contributed by atoms with Crippen LogP contribution in [0.4, 0.5) is 4.79 Å². The highest BCUT2D eigenvalue weighted by Crippen LogP contribution is 2.28. The van der Waals surface area contributed by atoms with Crippen LogP contribution in [0.5, 0.6) is 0 Å². The minimum Gasteiger partial charge on any atom is -0.444 e. The Balaban J connectivity index is 2.80. The van der Waals surface area contributed by atoms with Gasteiger partial charge in [0.1, 0.15) is 5.60 Å². The Morgan fingerprint density at radius 1 is 1.10 bits per heavy atom. The number of hydrogen-bond acceptors (Lipinski definition) is 7.